The first-order valence-corrected chi connectivity index (χ1v) is 7.09. The first kappa shape index (κ1) is 12.1. The minimum atomic E-state index is 0.611. The predicted octanol–water partition coefficient (Wildman–Crippen LogP) is 1.39. The SMILES string of the molecule is Cc1nc(CNC2CCCC2C2CCCN2)no1. The number of aryl methyl sites for hydroxylation is 1. The third-order valence-electron chi connectivity index (χ3n) is 4.28. The molecule has 1 saturated carbocycles. The van der Waals surface area contributed by atoms with Gasteiger partial charge in [0.2, 0.25) is 5.89 Å². The second kappa shape index (κ2) is 5.36. The summed E-state index contributed by atoms with van der Waals surface area (Å²) in [4.78, 5) is 4.24. The van der Waals surface area contributed by atoms with Crippen LogP contribution in [0.1, 0.15) is 43.8 Å². The van der Waals surface area contributed by atoms with Gasteiger partial charge in [0.15, 0.2) is 5.82 Å². The van der Waals surface area contributed by atoms with Gasteiger partial charge in [0, 0.05) is 19.0 Å². The van der Waals surface area contributed by atoms with Crippen LogP contribution in [0.4, 0.5) is 0 Å². The second-order valence-corrected chi connectivity index (χ2v) is 5.51. The van der Waals surface area contributed by atoms with Gasteiger partial charge >= 0.3 is 0 Å². The van der Waals surface area contributed by atoms with Gasteiger partial charge < -0.3 is 15.2 Å². The zero-order valence-electron chi connectivity index (χ0n) is 11.0. The van der Waals surface area contributed by atoms with Gasteiger partial charge in [-0.1, -0.05) is 11.6 Å². The average molecular weight is 250 g/mol. The number of nitrogens with one attached hydrogen (secondary N) is 2. The van der Waals surface area contributed by atoms with Crippen molar-refractivity contribution in [1.82, 2.24) is 20.8 Å². The molecule has 1 saturated heterocycles. The molecule has 18 heavy (non-hydrogen) atoms. The van der Waals surface area contributed by atoms with Gasteiger partial charge in [-0.3, -0.25) is 0 Å². The highest BCUT2D eigenvalue weighted by molar-refractivity contribution is 4.94. The van der Waals surface area contributed by atoms with Crippen LogP contribution in [-0.2, 0) is 6.54 Å². The lowest BCUT2D eigenvalue weighted by Crippen LogP contribution is -2.41. The lowest BCUT2D eigenvalue weighted by molar-refractivity contribution is 0.315. The number of aromatic nitrogens is 2. The van der Waals surface area contributed by atoms with Crippen molar-refractivity contribution < 1.29 is 4.52 Å². The molecule has 1 aliphatic carbocycles. The topological polar surface area (TPSA) is 63.0 Å². The standard InChI is InChI=1S/C13H22N4O/c1-9-16-13(17-18-9)8-15-12-5-2-4-10(12)11-6-3-7-14-11/h10-12,14-15H,2-8H2,1H3. The Kier molecular flexibility index (Phi) is 3.61. The van der Waals surface area contributed by atoms with E-state index in [-0.39, 0.29) is 0 Å². The molecule has 2 N–H and O–H groups in total. The van der Waals surface area contributed by atoms with Gasteiger partial charge in [-0.05, 0) is 38.1 Å². The van der Waals surface area contributed by atoms with Crippen molar-refractivity contribution in [3.8, 4) is 0 Å². The molecule has 2 fully saturated rings. The van der Waals surface area contributed by atoms with Crippen molar-refractivity contribution in [2.24, 2.45) is 5.92 Å². The smallest absolute Gasteiger partial charge is 0.223 e. The van der Waals surface area contributed by atoms with Crippen LogP contribution in [0.25, 0.3) is 0 Å². The number of nitrogens with zero attached hydrogens (tertiary/aromatic N) is 2. The van der Waals surface area contributed by atoms with E-state index in [4.69, 9.17) is 4.52 Å². The summed E-state index contributed by atoms with van der Waals surface area (Å²) in [6, 6.07) is 1.33. The van der Waals surface area contributed by atoms with Gasteiger partial charge in [0.25, 0.3) is 0 Å². The molecule has 0 aromatic carbocycles. The van der Waals surface area contributed by atoms with E-state index in [1.165, 1.54) is 38.6 Å². The Morgan fingerprint density at radius 3 is 3.00 bits per heavy atom. The Morgan fingerprint density at radius 1 is 1.33 bits per heavy atom. The van der Waals surface area contributed by atoms with Gasteiger partial charge in [-0.15, -0.1) is 0 Å². The maximum absolute atomic E-state index is 4.99. The lowest BCUT2D eigenvalue weighted by atomic mass is 9.93. The number of rotatable bonds is 4. The Balaban J connectivity index is 1.54. The molecule has 0 radical (unpaired) electrons. The van der Waals surface area contributed by atoms with Crippen molar-refractivity contribution >= 4 is 0 Å². The zero-order chi connectivity index (χ0) is 12.4. The Bertz CT molecular complexity index is 386. The molecule has 0 spiro atoms. The Morgan fingerprint density at radius 2 is 2.28 bits per heavy atom. The molecule has 3 atom stereocenters. The highest BCUT2D eigenvalue weighted by Crippen LogP contribution is 2.31. The van der Waals surface area contributed by atoms with E-state index in [2.05, 4.69) is 20.8 Å². The summed E-state index contributed by atoms with van der Waals surface area (Å²) >= 11 is 0. The fourth-order valence-electron chi connectivity index (χ4n) is 3.44. The highest BCUT2D eigenvalue weighted by Gasteiger charge is 2.34. The van der Waals surface area contributed by atoms with Gasteiger partial charge in [-0.2, -0.15) is 4.98 Å². The average Bonchev–Trinajstić information content (AvgIpc) is 3.07. The largest absolute Gasteiger partial charge is 0.340 e. The fourth-order valence-corrected chi connectivity index (χ4v) is 3.44. The maximum atomic E-state index is 4.99. The molecule has 2 aliphatic rings. The zero-order valence-corrected chi connectivity index (χ0v) is 11.0. The molecule has 3 unspecified atom stereocenters. The molecule has 1 aromatic heterocycles. The summed E-state index contributed by atoms with van der Waals surface area (Å²) in [6.45, 7) is 3.75. The van der Waals surface area contributed by atoms with Crippen molar-refractivity contribution in [3.63, 3.8) is 0 Å². The summed E-state index contributed by atoms with van der Waals surface area (Å²) in [6.07, 6.45) is 6.63. The first-order chi connectivity index (χ1) is 8.83. The molecule has 5 nitrogen and oxygen atoms in total. The lowest BCUT2D eigenvalue weighted by Gasteiger charge is -2.26. The van der Waals surface area contributed by atoms with E-state index in [0.29, 0.717) is 11.9 Å². The quantitative estimate of drug-likeness (QED) is 0.845. The molecule has 0 bridgehead atoms. The summed E-state index contributed by atoms with van der Waals surface area (Å²) in [7, 11) is 0. The summed E-state index contributed by atoms with van der Waals surface area (Å²) < 4.78 is 4.99. The molecule has 1 aromatic rings. The molecule has 1 aliphatic heterocycles. The van der Waals surface area contributed by atoms with Crippen LogP contribution >= 0.6 is 0 Å². The molecule has 5 heteroatoms. The predicted molar refractivity (Wildman–Crippen MR) is 68.0 cm³/mol. The van der Waals surface area contributed by atoms with Crippen LogP contribution in [0, 0.1) is 12.8 Å². The van der Waals surface area contributed by atoms with Gasteiger partial charge in [0.1, 0.15) is 0 Å². The third kappa shape index (κ3) is 2.57. The Labute approximate surface area is 108 Å². The van der Waals surface area contributed by atoms with Gasteiger partial charge in [-0.25, -0.2) is 0 Å². The molecule has 100 valence electrons. The molecular formula is C13H22N4O. The molecule has 2 heterocycles. The Hall–Kier alpha value is -0.940. The normalized spacial score (nSPS) is 32.2. The van der Waals surface area contributed by atoms with E-state index in [1.54, 1.807) is 0 Å². The van der Waals surface area contributed by atoms with Gasteiger partial charge in [0.05, 0.1) is 6.54 Å². The molecule has 3 rings (SSSR count). The summed E-state index contributed by atoms with van der Waals surface area (Å²) in [5, 5.41) is 11.2. The van der Waals surface area contributed by atoms with Crippen molar-refractivity contribution in [2.75, 3.05) is 6.54 Å². The number of hydrogen-bond acceptors (Lipinski definition) is 5. The van der Waals surface area contributed by atoms with Crippen LogP contribution < -0.4 is 10.6 Å². The van der Waals surface area contributed by atoms with Crippen LogP contribution in [0.3, 0.4) is 0 Å². The van der Waals surface area contributed by atoms with Crippen molar-refractivity contribution in [1.29, 1.82) is 0 Å². The van der Waals surface area contributed by atoms with Crippen LogP contribution in [-0.4, -0.2) is 28.8 Å². The first-order valence-electron chi connectivity index (χ1n) is 7.09. The van der Waals surface area contributed by atoms with E-state index in [0.717, 1.165) is 24.3 Å². The van der Waals surface area contributed by atoms with Crippen molar-refractivity contribution in [2.45, 2.75) is 57.7 Å². The molecule has 0 amide bonds. The van der Waals surface area contributed by atoms with E-state index < -0.39 is 0 Å². The minimum Gasteiger partial charge on any atom is -0.340 e. The third-order valence-corrected chi connectivity index (χ3v) is 4.28. The van der Waals surface area contributed by atoms with Crippen LogP contribution in [0.15, 0.2) is 4.52 Å². The van der Waals surface area contributed by atoms with Crippen LogP contribution in [0.5, 0.6) is 0 Å². The minimum absolute atomic E-state index is 0.611. The van der Waals surface area contributed by atoms with E-state index in [9.17, 15) is 0 Å². The van der Waals surface area contributed by atoms with E-state index >= 15 is 0 Å². The monoisotopic (exact) mass is 250 g/mol. The highest BCUT2D eigenvalue weighted by atomic mass is 16.5. The van der Waals surface area contributed by atoms with Crippen molar-refractivity contribution in [3.05, 3.63) is 11.7 Å². The number of hydrogen-bond donors (Lipinski definition) is 2. The molecular weight excluding hydrogens is 228 g/mol. The second-order valence-electron chi connectivity index (χ2n) is 5.51. The van der Waals surface area contributed by atoms with E-state index in [1.807, 2.05) is 6.92 Å². The van der Waals surface area contributed by atoms with Crippen LogP contribution in [0.2, 0.25) is 0 Å². The summed E-state index contributed by atoms with van der Waals surface area (Å²) in [5.74, 6) is 2.20. The summed E-state index contributed by atoms with van der Waals surface area (Å²) in [5.41, 5.74) is 0. The fraction of sp³-hybridized carbons (Fsp3) is 0.846. The maximum Gasteiger partial charge on any atom is 0.223 e.